The zero-order valence-corrected chi connectivity index (χ0v) is 12.8. The van der Waals surface area contributed by atoms with Crippen LogP contribution in [0.5, 0.6) is 0 Å². The molecule has 2 nitrogen and oxygen atoms in total. The van der Waals surface area contributed by atoms with Crippen molar-refractivity contribution in [2.24, 2.45) is 5.92 Å². The number of hydrogen-bond acceptors (Lipinski definition) is 1. The highest BCUT2D eigenvalue weighted by Crippen LogP contribution is 2.32. The first-order valence-corrected chi connectivity index (χ1v) is 7.51. The van der Waals surface area contributed by atoms with Crippen LogP contribution < -0.4 is 0 Å². The predicted octanol–water partition coefficient (Wildman–Crippen LogP) is 4.64. The van der Waals surface area contributed by atoms with Crippen LogP contribution in [0.15, 0.2) is 18.2 Å². The molecule has 0 spiro atoms. The lowest BCUT2D eigenvalue weighted by Crippen LogP contribution is -2.34. The van der Waals surface area contributed by atoms with Gasteiger partial charge >= 0.3 is 0 Å². The van der Waals surface area contributed by atoms with E-state index in [4.69, 9.17) is 23.2 Å². The van der Waals surface area contributed by atoms with Gasteiger partial charge in [0, 0.05) is 12.6 Å². The molecule has 1 fully saturated rings. The molecule has 4 heteroatoms. The van der Waals surface area contributed by atoms with Crippen LogP contribution in [-0.4, -0.2) is 23.4 Å². The minimum atomic E-state index is 0.00986. The van der Waals surface area contributed by atoms with Gasteiger partial charge in [-0.25, -0.2) is 0 Å². The smallest absolute Gasteiger partial charge is 0.255 e. The van der Waals surface area contributed by atoms with Crippen LogP contribution in [0, 0.1) is 5.92 Å². The standard InChI is InChI=1S/C15H19Cl2NO/c1-10(2)8-9-18(11-6-7-11)15(19)12-4-3-5-13(16)14(12)17/h3-5,10-11H,6-9H2,1-2H3. The van der Waals surface area contributed by atoms with Gasteiger partial charge in [-0.1, -0.05) is 43.1 Å². The maximum atomic E-state index is 12.6. The fourth-order valence-corrected chi connectivity index (χ4v) is 2.44. The number of rotatable bonds is 5. The van der Waals surface area contributed by atoms with Crippen molar-refractivity contribution in [1.82, 2.24) is 4.90 Å². The van der Waals surface area contributed by atoms with Gasteiger partial charge in [0.1, 0.15) is 0 Å². The fourth-order valence-electron chi connectivity index (χ4n) is 2.06. The normalized spacial score (nSPS) is 14.8. The Bertz CT molecular complexity index is 469. The molecule has 0 saturated heterocycles. The molecule has 0 radical (unpaired) electrons. The Labute approximate surface area is 124 Å². The molecule has 19 heavy (non-hydrogen) atoms. The van der Waals surface area contributed by atoms with Gasteiger partial charge in [0.2, 0.25) is 0 Å². The highest BCUT2D eigenvalue weighted by molar-refractivity contribution is 6.43. The molecular weight excluding hydrogens is 281 g/mol. The zero-order valence-electron chi connectivity index (χ0n) is 11.3. The second-order valence-corrected chi connectivity index (χ2v) is 6.30. The molecular formula is C15H19Cl2NO. The number of carbonyl (C=O) groups excluding carboxylic acids is 1. The molecule has 1 aliphatic rings. The molecule has 0 aromatic heterocycles. The van der Waals surface area contributed by atoms with E-state index in [-0.39, 0.29) is 5.91 Å². The molecule has 104 valence electrons. The Hall–Kier alpha value is -0.730. The quantitative estimate of drug-likeness (QED) is 0.775. The second-order valence-electron chi connectivity index (χ2n) is 5.51. The Morgan fingerprint density at radius 3 is 2.63 bits per heavy atom. The van der Waals surface area contributed by atoms with Gasteiger partial charge in [-0.3, -0.25) is 4.79 Å². The summed E-state index contributed by atoms with van der Waals surface area (Å²) in [5.74, 6) is 0.597. The predicted molar refractivity (Wildman–Crippen MR) is 80.0 cm³/mol. The summed E-state index contributed by atoms with van der Waals surface area (Å²) in [7, 11) is 0. The Balaban J connectivity index is 2.17. The summed E-state index contributed by atoms with van der Waals surface area (Å²) < 4.78 is 0. The largest absolute Gasteiger partial charge is 0.336 e. The first-order chi connectivity index (χ1) is 9.00. The van der Waals surface area contributed by atoms with E-state index in [1.807, 2.05) is 4.90 Å². The fraction of sp³-hybridized carbons (Fsp3) is 0.533. The van der Waals surface area contributed by atoms with E-state index >= 15 is 0 Å². The summed E-state index contributed by atoms with van der Waals surface area (Å²) >= 11 is 12.1. The lowest BCUT2D eigenvalue weighted by molar-refractivity contribution is 0.0735. The van der Waals surface area contributed by atoms with Gasteiger partial charge in [-0.2, -0.15) is 0 Å². The summed E-state index contributed by atoms with van der Waals surface area (Å²) in [6, 6.07) is 5.62. The Morgan fingerprint density at radius 2 is 2.05 bits per heavy atom. The third-order valence-corrected chi connectivity index (χ3v) is 4.20. The molecule has 2 rings (SSSR count). The summed E-state index contributed by atoms with van der Waals surface area (Å²) in [5, 5.41) is 0.802. The van der Waals surface area contributed by atoms with E-state index in [1.165, 1.54) is 0 Å². The molecule has 1 aromatic carbocycles. The molecule has 1 aliphatic carbocycles. The second kappa shape index (κ2) is 6.15. The van der Waals surface area contributed by atoms with Gasteiger partial charge < -0.3 is 4.90 Å². The van der Waals surface area contributed by atoms with Crippen LogP contribution >= 0.6 is 23.2 Å². The van der Waals surface area contributed by atoms with Crippen LogP contribution in [0.25, 0.3) is 0 Å². The maximum absolute atomic E-state index is 12.6. The highest BCUT2D eigenvalue weighted by atomic mass is 35.5. The molecule has 0 heterocycles. The van der Waals surface area contributed by atoms with Crippen molar-refractivity contribution >= 4 is 29.1 Å². The van der Waals surface area contributed by atoms with E-state index in [9.17, 15) is 4.79 Å². The minimum absolute atomic E-state index is 0.00986. The number of carbonyl (C=O) groups is 1. The third kappa shape index (κ3) is 3.64. The van der Waals surface area contributed by atoms with Crippen LogP contribution in [0.2, 0.25) is 10.0 Å². The molecule has 1 saturated carbocycles. The van der Waals surface area contributed by atoms with Crippen LogP contribution in [0.3, 0.4) is 0 Å². The van der Waals surface area contributed by atoms with Crippen molar-refractivity contribution in [3.8, 4) is 0 Å². The SMILES string of the molecule is CC(C)CCN(C(=O)c1cccc(Cl)c1Cl)C1CC1. The van der Waals surface area contributed by atoms with E-state index in [0.29, 0.717) is 27.6 Å². The first-order valence-electron chi connectivity index (χ1n) is 6.75. The van der Waals surface area contributed by atoms with Crippen molar-refractivity contribution in [3.05, 3.63) is 33.8 Å². The Morgan fingerprint density at radius 1 is 1.37 bits per heavy atom. The first kappa shape index (κ1) is 14.7. The van der Waals surface area contributed by atoms with Gasteiger partial charge in [0.15, 0.2) is 0 Å². The summed E-state index contributed by atoms with van der Waals surface area (Å²) in [5.41, 5.74) is 0.518. The highest BCUT2D eigenvalue weighted by Gasteiger charge is 2.33. The van der Waals surface area contributed by atoms with E-state index in [1.54, 1.807) is 18.2 Å². The monoisotopic (exact) mass is 299 g/mol. The van der Waals surface area contributed by atoms with Gasteiger partial charge in [-0.05, 0) is 37.3 Å². The van der Waals surface area contributed by atoms with Crippen molar-refractivity contribution in [3.63, 3.8) is 0 Å². The van der Waals surface area contributed by atoms with Crippen LogP contribution in [0.4, 0.5) is 0 Å². The van der Waals surface area contributed by atoms with E-state index in [0.717, 1.165) is 25.8 Å². The van der Waals surface area contributed by atoms with Crippen molar-refractivity contribution in [2.45, 2.75) is 39.2 Å². The van der Waals surface area contributed by atoms with Gasteiger partial charge in [-0.15, -0.1) is 0 Å². The van der Waals surface area contributed by atoms with Gasteiger partial charge in [0.05, 0.1) is 15.6 Å². The minimum Gasteiger partial charge on any atom is -0.336 e. The average Bonchev–Trinajstić information content (AvgIpc) is 3.17. The zero-order chi connectivity index (χ0) is 14.0. The topological polar surface area (TPSA) is 20.3 Å². The number of nitrogens with zero attached hydrogens (tertiary/aromatic N) is 1. The third-order valence-electron chi connectivity index (χ3n) is 3.38. The number of hydrogen-bond donors (Lipinski definition) is 0. The molecule has 0 bridgehead atoms. The van der Waals surface area contributed by atoms with Crippen molar-refractivity contribution in [1.29, 1.82) is 0 Å². The summed E-state index contributed by atoms with van der Waals surface area (Å²) in [6.07, 6.45) is 3.21. The lowest BCUT2D eigenvalue weighted by atomic mass is 10.1. The number of amides is 1. The molecule has 1 aromatic rings. The van der Waals surface area contributed by atoms with E-state index < -0.39 is 0 Å². The molecule has 0 atom stereocenters. The molecule has 0 aliphatic heterocycles. The number of halogens is 2. The maximum Gasteiger partial charge on any atom is 0.255 e. The Kier molecular flexibility index (Phi) is 4.75. The lowest BCUT2D eigenvalue weighted by Gasteiger charge is -2.24. The van der Waals surface area contributed by atoms with Crippen LogP contribution in [0.1, 0.15) is 43.5 Å². The van der Waals surface area contributed by atoms with Crippen LogP contribution in [-0.2, 0) is 0 Å². The number of benzene rings is 1. The van der Waals surface area contributed by atoms with Crippen molar-refractivity contribution < 1.29 is 4.79 Å². The van der Waals surface area contributed by atoms with E-state index in [2.05, 4.69) is 13.8 Å². The van der Waals surface area contributed by atoms with Crippen molar-refractivity contribution in [2.75, 3.05) is 6.54 Å². The molecule has 0 unspecified atom stereocenters. The molecule has 0 N–H and O–H groups in total. The average molecular weight is 300 g/mol. The summed E-state index contributed by atoms with van der Waals surface area (Å²) in [4.78, 5) is 14.6. The molecule has 1 amide bonds. The van der Waals surface area contributed by atoms with Gasteiger partial charge in [0.25, 0.3) is 5.91 Å². The summed E-state index contributed by atoms with van der Waals surface area (Å²) in [6.45, 7) is 5.13.